The number of hydrogen-bond donors (Lipinski definition) is 1. The second-order valence-electron chi connectivity index (χ2n) is 4.46. The molecule has 0 saturated carbocycles. The minimum Gasteiger partial charge on any atom is -0.476 e. The molecule has 0 fully saturated rings. The predicted octanol–water partition coefficient (Wildman–Crippen LogP) is 0.820. The molecule has 0 bridgehead atoms. The van der Waals surface area contributed by atoms with E-state index in [0.29, 0.717) is 17.9 Å². The third-order valence-corrected chi connectivity index (χ3v) is 3.03. The SMILES string of the molecule is Cn1cncc1-c1c(C(=O)O)nnn1Cc1ccccn1. The first-order valence-electron chi connectivity index (χ1n) is 6.20. The minimum atomic E-state index is -1.13. The van der Waals surface area contributed by atoms with Gasteiger partial charge in [-0.3, -0.25) is 4.98 Å². The number of carboxylic acid groups (broad SMARTS) is 1. The zero-order chi connectivity index (χ0) is 14.8. The van der Waals surface area contributed by atoms with E-state index in [9.17, 15) is 9.90 Å². The topological polar surface area (TPSA) is 98.7 Å². The normalized spacial score (nSPS) is 10.7. The van der Waals surface area contributed by atoms with Gasteiger partial charge in [-0.05, 0) is 12.1 Å². The highest BCUT2D eigenvalue weighted by molar-refractivity contribution is 5.92. The lowest BCUT2D eigenvalue weighted by atomic mass is 10.2. The van der Waals surface area contributed by atoms with E-state index < -0.39 is 5.97 Å². The Bertz CT molecular complexity index is 777. The Balaban J connectivity index is 2.10. The predicted molar refractivity (Wildman–Crippen MR) is 72.5 cm³/mol. The molecule has 8 nitrogen and oxygen atoms in total. The number of pyridine rings is 1. The van der Waals surface area contributed by atoms with E-state index in [4.69, 9.17) is 0 Å². The number of aromatic carboxylic acids is 1. The fourth-order valence-corrected chi connectivity index (χ4v) is 2.05. The van der Waals surface area contributed by atoms with E-state index in [1.807, 2.05) is 18.2 Å². The molecule has 3 aromatic rings. The summed E-state index contributed by atoms with van der Waals surface area (Å²) in [6.45, 7) is 0.335. The first-order valence-corrected chi connectivity index (χ1v) is 6.20. The Hall–Kier alpha value is -3.03. The number of nitrogens with zero attached hydrogens (tertiary/aromatic N) is 6. The number of aryl methyl sites for hydroxylation is 1. The average Bonchev–Trinajstić information content (AvgIpc) is 3.06. The highest BCUT2D eigenvalue weighted by Gasteiger charge is 2.22. The molecule has 0 aromatic carbocycles. The van der Waals surface area contributed by atoms with Crippen LogP contribution in [0.1, 0.15) is 16.2 Å². The third kappa shape index (κ3) is 2.38. The Kier molecular flexibility index (Phi) is 3.19. The van der Waals surface area contributed by atoms with Gasteiger partial charge in [-0.1, -0.05) is 11.3 Å². The van der Waals surface area contributed by atoms with Gasteiger partial charge in [0.05, 0.1) is 30.5 Å². The van der Waals surface area contributed by atoms with Crippen molar-refractivity contribution in [3.8, 4) is 11.4 Å². The lowest BCUT2D eigenvalue weighted by molar-refractivity contribution is 0.0691. The maximum absolute atomic E-state index is 11.3. The molecule has 3 rings (SSSR count). The van der Waals surface area contributed by atoms with Crippen molar-refractivity contribution in [2.24, 2.45) is 7.05 Å². The summed E-state index contributed by atoms with van der Waals surface area (Å²) in [5, 5.41) is 17.0. The molecule has 0 aliphatic carbocycles. The van der Waals surface area contributed by atoms with Crippen LogP contribution < -0.4 is 0 Å². The number of carboxylic acids is 1. The summed E-state index contributed by atoms with van der Waals surface area (Å²) in [6, 6.07) is 5.52. The summed E-state index contributed by atoms with van der Waals surface area (Å²) in [5.74, 6) is -1.13. The summed E-state index contributed by atoms with van der Waals surface area (Å²) in [6.07, 6.45) is 4.85. The summed E-state index contributed by atoms with van der Waals surface area (Å²) in [7, 11) is 1.78. The van der Waals surface area contributed by atoms with Crippen LogP contribution in [0.5, 0.6) is 0 Å². The van der Waals surface area contributed by atoms with Crippen LogP contribution in [-0.4, -0.2) is 40.6 Å². The molecule has 0 amide bonds. The van der Waals surface area contributed by atoms with Crippen molar-refractivity contribution in [1.29, 1.82) is 0 Å². The lowest BCUT2D eigenvalue weighted by Gasteiger charge is -2.07. The number of aromatic nitrogens is 6. The van der Waals surface area contributed by atoms with Gasteiger partial charge >= 0.3 is 5.97 Å². The zero-order valence-corrected chi connectivity index (χ0v) is 11.2. The van der Waals surface area contributed by atoms with Gasteiger partial charge in [-0.15, -0.1) is 5.10 Å². The van der Waals surface area contributed by atoms with Gasteiger partial charge in [0.2, 0.25) is 0 Å². The van der Waals surface area contributed by atoms with Crippen molar-refractivity contribution >= 4 is 5.97 Å². The van der Waals surface area contributed by atoms with E-state index in [0.717, 1.165) is 5.69 Å². The summed E-state index contributed by atoms with van der Waals surface area (Å²) < 4.78 is 3.24. The molecule has 3 aromatic heterocycles. The third-order valence-electron chi connectivity index (χ3n) is 3.03. The summed E-state index contributed by atoms with van der Waals surface area (Å²) >= 11 is 0. The average molecular weight is 284 g/mol. The van der Waals surface area contributed by atoms with Crippen molar-refractivity contribution in [3.63, 3.8) is 0 Å². The van der Waals surface area contributed by atoms with E-state index >= 15 is 0 Å². The standard InChI is InChI=1S/C13H12N6O2/c1-18-8-14-6-10(18)12-11(13(20)21)16-17-19(12)7-9-4-2-3-5-15-9/h2-6,8H,7H2,1H3,(H,20,21). The smallest absolute Gasteiger partial charge is 0.358 e. The molecule has 0 aliphatic heterocycles. The van der Waals surface area contributed by atoms with Gasteiger partial charge in [0, 0.05) is 13.2 Å². The number of carbonyl (C=O) groups is 1. The molecule has 21 heavy (non-hydrogen) atoms. The quantitative estimate of drug-likeness (QED) is 0.761. The molecule has 106 valence electrons. The molecular formula is C13H12N6O2. The van der Waals surface area contributed by atoms with Crippen LogP contribution in [0.2, 0.25) is 0 Å². The van der Waals surface area contributed by atoms with Gasteiger partial charge < -0.3 is 9.67 Å². The van der Waals surface area contributed by atoms with Gasteiger partial charge in [0.15, 0.2) is 5.69 Å². The molecule has 0 aliphatic rings. The largest absolute Gasteiger partial charge is 0.476 e. The van der Waals surface area contributed by atoms with Crippen LogP contribution in [0.15, 0.2) is 36.9 Å². The van der Waals surface area contributed by atoms with Gasteiger partial charge in [0.1, 0.15) is 5.69 Å². The van der Waals surface area contributed by atoms with Crippen molar-refractivity contribution in [2.75, 3.05) is 0 Å². The van der Waals surface area contributed by atoms with Gasteiger partial charge in [-0.25, -0.2) is 14.5 Å². The van der Waals surface area contributed by atoms with E-state index in [1.54, 1.807) is 30.3 Å². The molecule has 0 spiro atoms. The van der Waals surface area contributed by atoms with Crippen LogP contribution in [0.25, 0.3) is 11.4 Å². The van der Waals surface area contributed by atoms with Crippen LogP contribution >= 0.6 is 0 Å². The molecule has 0 unspecified atom stereocenters. The highest BCUT2D eigenvalue weighted by atomic mass is 16.4. The minimum absolute atomic E-state index is 0.102. The van der Waals surface area contributed by atoms with E-state index in [1.165, 1.54) is 4.68 Å². The first kappa shape index (κ1) is 13.0. The molecule has 3 heterocycles. The van der Waals surface area contributed by atoms with Crippen LogP contribution in [-0.2, 0) is 13.6 Å². The van der Waals surface area contributed by atoms with E-state index in [-0.39, 0.29) is 5.69 Å². The zero-order valence-electron chi connectivity index (χ0n) is 11.2. The Morgan fingerprint density at radius 3 is 2.86 bits per heavy atom. The van der Waals surface area contributed by atoms with Crippen molar-refractivity contribution in [2.45, 2.75) is 6.54 Å². The van der Waals surface area contributed by atoms with Crippen LogP contribution in [0.4, 0.5) is 0 Å². The molecule has 8 heteroatoms. The van der Waals surface area contributed by atoms with E-state index in [2.05, 4.69) is 20.3 Å². The van der Waals surface area contributed by atoms with Crippen molar-refractivity contribution in [3.05, 3.63) is 48.3 Å². The maximum Gasteiger partial charge on any atom is 0.358 e. The second kappa shape index (κ2) is 5.16. The molecular weight excluding hydrogens is 272 g/mol. The number of imidazole rings is 1. The fourth-order valence-electron chi connectivity index (χ4n) is 2.05. The monoisotopic (exact) mass is 284 g/mol. The Morgan fingerprint density at radius 1 is 1.38 bits per heavy atom. The number of rotatable bonds is 4. The first-order chi connectivity index (χ1) is 10.2. The van der Waals surface area contributed by atoms with Crippen LogP contribution in [0.3, 0.4) is 0 Å². The van der Waals surface area contributed by atoms with Gasteiger partial charge in [-0.2, -0.15) is 0 Å². The molecule has 0 radical (unpaired) electrons. The molecule has 1 N–H and O–H groups in total. The lowest BCUT2D eigenvalue weighted by Crippen LogP contribution is -2.08. The molecule has 0 saturated heterocycles. The second-order valence-corrected chi connectivity index (χ2v) is 4.46. The number of hydrogen-bond acceptors (Lipinski definition) is 5. The summed E-state index contributed by atoms with van der Waals surface area (Å²) in [5.41, 5.74) is 1.71. The van der Waals surface area contributed by atoms with Crippen LogP contribution in [0, 0.1) is 0 Å². The Morgan fingerprint density at radius 2 is 2.24 bits per heavy atom. The van der Waals surface area contributed by atoms with Crippen molar-refractivity contribution < 1.29 is 9.90 Å². The maximum atomic E-state index is 11.3. The summed E-state index contributed by atoms with van der Waals surface area (Å²) in [4.78, 5) is 19.6. The Labute approximate surface area is 119 Å². The molecule has 0 atom stereocenters. The van der Waals surface area contributed by atoms with Crippen molar-refractivity contribution in [1.82, 2.24) is 29.5 Å². The van der Waals surface area contributed by atoms with Gasteiger partial charge in [0.25, 0.3) is 0 Å². The fraction of sp³-hybridized carbons (Fsp3) is 0.154. The highest BCUT2D eigenvalue weighted by Crippen LogP contribution is 2.22.